The van der Waals surface area contributed by atoms with Gasteiger partial charge >= 0.3 is 0 Å². The molecule has 1 amide bonds. The van der Waals surface area contributed by atoms with Crippen LogP contribution in [0.2, 0.25) is 0 Å². The Hall–Kier alpha value is -3.15. The number of amides is 1. The zero-order valence-electron chi connectivity index (χ0n) is 16.3. The molecule has 0 bridgehead atoms. The number of fused-ring (bicyclic) bond motifs is 2. The second-order valence-corrected chi connectivity index (χ2v) is 7.82. The van der Waals surface area contributed by atoms with Crippen molar-refractivity contribution in [3.63, 3.8) is 0 Å². The molecule has 6 nitrogen and oxygen atoms in total. The Labute approximate surface area is 169 Å². The number of nitrogens with zero attached hydrogens (tertiary/aromatic N) is 3. The van der Waals surface area contributed by atoms with Crippen LogP contribution in [0.4, 0.5) is 0 Å². The number of rotatable bonds is 5. The molecular weight excluding hydrogens is 364 g/mol. The number of aromatic nitrogens is 3. The average Bonchev–Trinajstić information content (AvgIpc) is 3.37. The fourth-order valence-electron chi connectivity index (χ4n) is 4.24. The lowest BCUT2D eigenvalue weighted by atomic mass is 9.87. The highest BCUT2D eigenvalue weighted by Gasteiger charge is 2.16. The summed E-state index contributed by atoms with van der Waals surface area (Å²) in [6.45, 7) is 0.730. The highest BCUT2D eigenvalue weighted by atomic mass is 16.3. The van der Waals surface area contributed by atoms with Crippen LogP contribution in [0.15, 0.2) is 53.2 Å². The molecule has 1 aromatic carbocycles. The maximum absolute atomic E-state index is 12.6. The van der Waals surface area contributed by atoms with E-state index in [1.165, 1.54) is 32.1 Å². The highest BCUT2D eigenvalue weighted by molar-refractivity contribution is 5.97. The van der Waals surface area contributed by atoms with Gasteiger partial charge in [-0.15, -0.1) is 0 Å². The third-order valence-electron chi connectivity index (χ3n) is 5.85. The van der Waals surface area contributed by atoms with Gasteiger partial charge in [0.25, 0.3) is 5.91 Å². The third-order valence-corrected chi connectivity index (χ3v) is 5.85. The minimum absolute atomic E-state index is 0.0536. The lowest BCUT2D eigenvalue weighted by Gasteiger charge is -2.21. The van der Waals surface area contributed by atoms with E-state index in [2.05, 4.69) is 15.3 Å². The Bertz CT molecular complexity index is 1150. The largest absolute Gasteiger partial charge is 0.435 e. The van der Waals surface area contributed by atoms with Crippen LogP contribution in [0.25, 0.3) is 28.3 Å². The summed E-state index contributed by atoms with van der Waals surface area (Å²) in [6.07, 6.45) is 11.4. The van der Waals surface area contributed by atoms with Gasteiger partial charge in [-0.1, -0.05) is 38.2 Å². The molecule has 0 atom stereocenters. The molecule has 1 aliphatic rings. The molecule has 1 fully saturated rings. The van der Waals surface area contributed by atoms with Crippen molar-refractivity contribution >= 4 is 22.7 Å². The number of oxazole rings is 1. The molecular formula is C23H24N4O2. The maximum atomic E-state index is 12.6. The number of pyridine rings is 1. The molecule has 0 unspecified atom stereocenters. The minimum atomic E-state index is -0.0536. The van der Waals surface area contributed by atoms with E-state index in [-0.39, 0.29) is 5.91 Å². The van der Waals surface area contributed by atoms with Crippen LogP contribution < -0.4 is 5.32 Å². The summed E-state index contributed by atoms with van der Waals surface area (Å²) in [5.74, 6) is 1.20. The van der Waals surface area contributed by atoms with Crippen LogP contribution in [-0.2, 0) is 0 Å². The van der Waals surface area contributed by atoms with Crippen molar-refractivity contribution in [3.05, 3.63) is 54.4 Å². The molecule has 4 aromatic rings. The molecule has 1 saturated carbocycles. The van der Waals surface area contributed by atoms with E-state index in [9.17, 15) is 4.79 Å². The van der Waals surface area contributed by atoms with E-state index in [1.54, 1.807) is 18.3 Å². The first-order valence-corrected chi connectivity index (χ1v) is 10.4. The number of carbonyl (C=O) groups is 1. The first kappa shape index (κ1) is 17.9. The molecule has 148 valence electrons. The summed E-state index contributed by atoms with van der Waals surface area (Å²) in [4.78, 5) is 21.5. The van der Waals surface area contributed by atoms with Crippen LogP contribution in [0.1, 0.15) is 48.9 Å². The van der Waals surface area contributed by atoms with Gasteiger partial charge in [-0.05, 0) is 42.7 Å². The van der Waals surface area contributed by atoms with E-state index in [4.69, 9.17) is 4.42 Å². The quantitative estimate of drug-likeness (QED) is 0.531. The van der Waals surface area contributed by atoms with Crippen molar-refractivity contribution in [2.75, 3.05) is 6.54 Å². The number of carbonyl (C=O) groups excluding carboxylic acids is 1. The molecule has 5 rings (SSSR count). The van der Waals surface area contributed by atoms with Crippen molar-refractivity contribution in [3.8, 4) is 11.6 Å². The SMILES string of the molecule is O=C(NCCC1CCCCC1)c1ccc2oc(-c3cnc4ccccn34)nc2c1. The van der Waals surface area contributed by atoms with Gasteiger partial charge in [-0.25, -0.2) is 9.97 Å². The third kappa shape index (κ3) is 3.62. The normalized spacial score (nSPS) is 15.2. The zero-order chi connectivity index (χ0) is 19.6. The van der Waals surface area contributed by atoms with E-state index in [1.807, 2.05) is 34.9 Å². The van der Waals surface area contributed by atoms with E-state index in [0.29, 0.717) is 22.6 Å². The molecule has 1 N–H and O–H groups in total. The molecule has 0 spiro atoms. The summed E-state index contributed by atoms with van der Waals surface area (Å²) in [6, 6.07) is 11.2. The van der Waals surface area contributed by atoms with Gasteiger partial charge < -0.3 is 9.73 Å². The summed E-state index contributed by atoms with van der Waals surface area (Å²) in [5, 5.41) is 3.06. The summed E-state index contributed by atoms with van der Waals surface area (Å²) in [7, 11) is 0. The molecule has 6 heteroatoms. The topological polar surface area (TPSA) is 72.4 Å². The number of benzene rings is 1. The summed E-state index contributed by atoms with van der Waals surface area (Å²) < 4.78 is 7.85. The fourth-order valence-corrected chi connectivity index (χ4v) is 4.24. The smallest absolute Gasteiger partial charge is 0.251 e. The van der Waals surface area contributed by atoms with Crippen LogP contribution >= 0.6 is 0 Å². The van der Waals surface area contributed by atoms with Crippen LogP contribution in [-0.4, -0.2) is 26.8 Å². The van der Waals surface area contributed by atoms with Gasteiger partial charge in [0.05, 0.1) is 6.20 Å². The van der Waals surface area contributed by atoms with Gasteiger partial charge in [0.15, 0.2) is 5.58 Å². The van der Waals surface area contributed by atoms with Gasteiger partial charge in [0.1, 0.15) is 16.9 Å². The molecule has 0 radical (unpaired) electrons. The van der Waals surface area contributed by atoms with Crippen molar-refractivity contribution in [1.29, 1.82) is 0 Å². The number of hydrogen-bond donors (Lipinski definition) is 1. The highest BCUT2D eigenvalue weighted by Crippen LogP contribution is 2.27. The van der Waals surface area contributed by atoms with Gasteiger partial charge in [-0.2, -0.15) is 0 Å². The Kier molecular flexibility index (Phi) is 4.76. The van der Waals surface area contributed by atoms with Crippen LogP contribution in [0.5, 0.6) is 0 Å². The zero-order valence-corrected chi connectivity index (χ0v) is 16.3. The lowest BCUT2D eigenvalue weighted by Crippen LogP contribution is -2.26. The average molecular weight is 388 g/mol. The summed E-state index contributed by atoms with van der Waals surface area (Å²) >= 11 is 0. The Balaban J connectivity index is 1.32. The molecule has 1 aliphatic carbocycles. The number of nitrogens with one attached hydrogen (secondary N) is 1. The Morgan fingerprint density at radius 1 is 1.17 bits per heavy atom. The molecule has 3 aromatic heterocycles. The predicted octanol–water partition coefficient (Wildman–Crippen LogP) is 4.84. The molecule has 29 heavy (non-hydrogen) atoms. The van der Waals surface area contributed by atoms with Crippen molar-refractivity contribution < 1.29 is 9.21 Å². The minimum Gasteiger partial charge on any atom is -0.435 e. The second kappa shape index (κ2) is 7.70. The van der Waals surface area contributed by atoms with Crippen LogP contribution in [0, 0.1) is 5.92 Å². The molecule has 3 heterocycles. The summed E-state index contributed by atoms with van der Waals surface area (Å²) in [5.41, 5.74) is 3.56. The Morgan fingerprint density at radius 3 is 2.97 bits per heavy atom. The maximum Gasteiger partial charge on any atom is 0.251 e. The number of imidazole rings is 1. The lowest BCUT2D eigenvalue weighted by molar-refractivity contribution is 0.0950. The Morgan fingerprint density at radius 2 is 2.07 bits per heavy atom. The van der Waals surface area contributed by atoms with E-state index < -0.39 is 0 Å². The van der Waals surface area contributed by atoms with Gasteiger partial charge in [0, 0.05) is 18.3 Å². The first-order valence-electron chi connectivity index (χ1n) is 10.4. The van der Waals surface area contributed by atoms with Crippen molar-refractivity contribution in [2.45, 2.75) is 38.5 Å². The monoisotopic (exact) mass is 388 g/mol. The van der Waals surface area contributed by atoms with Gasteiger partial charge in [-0.3, -0.25) is 9.20 Å². The standard InChI is InChI=1S/C23H24N4O2/c28-22(24-12-11-16-6-2-1-3-7-16)17-9-10-20-18(14-17)26-23(29-20)19-15-25-21-8-4-5-13-27(19)21/h4-5,8-10,13-16H,1-3,6-7,11-12H2,(H,24,28). The van der Waals surface area contributed by atoms with E-state index in [0.717, 1.165) is 30.2 Å². The molecule has 0 aliphatic heterocycles. The predicted molar refractivity (Wildman–Crippen MR) is 112 cm³/mol. The first-order chi connectivity index (χ1) is 14.3. The second-order valence-electron chi connectivity index (χ2n) is 7.82. The van der Waals surface area contributed by atoms with Gasteiger partial charge in [0.2, 0.25) is 5.89 Å². The molecule has 0 saturated heterocycles. The van der Waals surface area contributed by atoms with Crippen molar-refractivity contribution in [1.82, 2.24) is 19.7 Å². The van der Waals surface area contributed by atoms with Crippen LogP contribution in [0.3, 0.4) is 0 Å². The fraction of sp³-hybridized carbons (Fsp3) is 0.348. The van der Waals surface area contributed by atoms with E-state index >= 15 is 0 Å². The van der Waals surface area contributed by atoms with Crippen molar-refractivity contribution in [2.24, 2.45) is 5.92 Å². The number of hydrogen-bond acceptors (Lipinski definition) is 4.